The monoisotopic (exact) mass is 283 g/mol. The van der Waals surface area contributed by atoms with E-state index in [2.05, 4.69) is 81.4 Å². The first-order chi connectivity index (χ1) is 10.1. The lowest BCUT2D eigenvalue weighted by atomic mass is 9.96. The molecule has 1 unspecified atom stereocenters. The second-order valence-electron chi connectivity index (χ2n) is 5.82. The van der Waals surface area contributed by atoms with Crippen molar-refractivity contribution in [3.05, 3.63) is 70.8 Å². The van der Waals surface area contributed by atoms with E-state index in [1.807, 2.05) is 0 Å². The zero-order chi connectivity index (χ0) is 15.2. The molecule has 112 valence electrons. The lowest BCUT2D eigenvalue weighted by Gasteiger charge is -2.22. The second kappa shape index (κ2) is 7.39. The van der Waals surface area contributed by atoms with Gasteiger partial charge < -0.3 is 9.64 Å². The van der Waals surface area contributed by atoms with Gasteiger partial charge in [-0.1, -0.05) is 54.1 Å². The van der Waals surface area contributed by atoms with Gasteiger partial charge in [0.1, 0.15) is 6.10 Å². The van der Waals surface area contributed by atoms with E-state index in [9.17, 15) is 0 Å². The van der Waals surface area contributed by atoms with Crippen LogP contribution < -0.4 is 0 Å². The SMILES string of the molecule is Cc1cccc(C(OCCN(C)C)c2ccccc2C)c1. The predicted molar refractivity (Wildman–Crippen MR) is 88.7 cm³/mol. The van der Waals surface area contributed by atoms with Crippen LogP contribution >= 0.6 is 0 Å². The molecule has 0 aliphatic heterocycles. The Bertz CT molecular complexity index is 577. The van der Waals surface area contributed by atoms with Gasteiger partial charge in [0.2, 0.25) is 0 Å². The van der Waals surface area contributed by atoms with Crippen molar-refractivity contribution in [3.63, 3.8) is 0 Å². The van der Waals surface area contributed by atoms with Crippen molar-refractivity contribution >= 4 is 0 Å². The summed E-state index contributed by atoms with van der Waals surface area (Å²) in [6.07, 6.45) is 0.00560. The molecule has 0 amide bonds. The number of hydrogen-bond donors (Lipinski definition) is 0. The summed E-state index contributed by atoms with van der Waals surface area (Å²) >= 11 is 0. The molecule has 0 fully saturated rings. The summed E-state index contributed by atoms with van der Waals surface area (Å²) < 4.78 is 6.22. The summed E-state index contributed by atoms with van der Waals surface area (Å²) in [7, 11) is 4.14. The molecular weight excluding hydrogens is 258 g/mol. The molecule has 0 aliphatic carbocycles. The Labute approximate surface area is 128 Å². The van der Waals surface area contributed by atoms with Crippen molar-refractivity contribution in [1.82, 2.24) is 4.90 Å². The number of hydrogen-bond acceptors (Lipinski definition) is 2. The maximum Gasteiger partial charge on any atom is 0.108 e. The maximum absolute atomic E-state index is 6.22. The molecule has 2 aromatic carbocycles. The van der Waals surface area contributed by atoms with Crippen molar-refractivity contribution in [2.45, 2.75) is 20.0 Å². The van der Waals surface area contributed by atoms with Crippen molar-refractivity contribution in [2.24, 2.45) is 0 Å². The summed E-state index contributed by atoms with van der Waals surface area (Å²) in [5.41, 5.74) is 5.01. The van der Waals surface area contributed by atoms with E-state index < -0.39 is 0 Å². The smallest absolute Gasteiger partial charge is 0.108 e. The average molecular weight is 283 g/mol. The van der Waals surface area contributed by atoms with Gasteiger partial charge in [-0.3, -0.25) is 0 Å². The molecule has 2 aromatic rings. The van der Waals surface area contributed by atoms with Crippen LogP contribution in [0.25, 0.3) is 0 Å². The van der Waals surface area contributed by atoms with Crippen LogP contribution in [0.4, 0.5) is 0 Å². The average Bonchev–Trinajstić information content (AvgIpc) is 2.44. The highest BCUT2D eigenvalue weighted by atomic mass is 16.5. The highest BCUT2D eigenvalue weighted by molar-refractivity contribution is 5.36. The first kappa shape index (κ1) is 15.7. The van der Waals surface area contributed by atoms with Crippen LogP contribution in [0.1, 0.15) is 28.4 Å². The minimum Gasteiger partial charge on any atom is -0.367 e. The normalized spacial score (nSPS) is 12.6. The molecule has 21 heavy (non-hydrogen) atoms. The number of nitrogens with zero attached hydrogens (tertiary/aromatic N) is 1. The molecule has 0 radical (unpaired) electrons. The van der Waals surface area contributed by atoms with Gasteiger partial charge in [0.25, 0.3) is 0 Å². The summed E-state index contributed by atoms with van der Waals surface area (Å²) in [6.45, 7) is 5.92. The van der Waals surface area contributed by atoms with Gasteiger partial charge in [0, 0.05) is 6.54 Å². The lowest BCUT2D eigenvalue weighted by molar-refractivity contribution is 0.0683. The molecule has 2 nitrogen and oxygen atoms in total. The van der Waals surface area contributed by atoms with Crippen LogP contribution in [0.15, 0.2) is 48.5 Å². The minimum absolute atomic E-state index is 0.00560. The van der Waals surface area contributed by atoms with Gasteiger partial charge in [-0.05, 0) is 44.6 Å². The van der Waals surface area contributed by atoms with E-state index >= 15 is 0 Å². The topological polar surface area (TPSA) is 12.5 Å². The second-order valence-corrected chi connectivity index (χ2v) is 5.82. The van der Waals surface area contributed by atoms with E-state index in [4.69, 9.17) is 4.74 Å². The van der Waals surface area contributed by atoms with Crippen LogP contribution in [-0.4, -0.2) is 32.1 Å². The van der Waals surface area contributed by atoms with E-state index in [-0.39, 0.29) is 6.10 Å². The van der Waals surface area contributed by atoms with Crippen molar-refractivity contribution in [1.29, 1.82) is 0 Å². The third kappa shape index (κ3) is 4.42. The van der Waals surface area contributed by atoms with E-state index in [1.165, 1.54) is 22.3 Å². The van der Waals surface area contributed by atoms with E-state index in [1.54, 1.807) is 0 Å². The van der Waals surface area contributed by atoms with Crippen LogP contribution in [0.5, 0.6) is 0 Å². The van der Waals surface area contributed by atoms with Crippen molar-refractivity contribution in [3.8, 4) is 0 Å². The molecule has 0 saturated heterocycles. The van der Waals surface area contributed by atoms with Crippen LogP contribution in [0.3, 0.4) is 0 Å². The predicted octanol–water partition coefficient (Wildman–Crippen LogP) is 3.97. The fourth-order valence-electron chi connectivity index (χ4n) is 2.43. The largest absolute Gasteiger partial charge is 0.367 e. The molecule has 0 bridgehead atoms. The molecule has 0 aromatic heterocycles. The highest BCUT2D eigenvalue weighted by Gasteiger charge is 2.16. The summed E-state index contributed by atoms with van der Waals surface area (Å²) in [5.74, 6) is 0. The summed E-state index contributed by atoms with van der Waals surface area (Å²) in [4.78, 5) is 2.14. The number of aryl methyl sites for hydroxylation is 2. The molecule has 0 N–H and O–H groups in total. The Morgan fingerprint density at radius 1 is 1.00 bits per heavy atom. The van der Waals surface area contributed by atoms with Gasteiger partial charge in [-0.15, -0.1) is 0 Å². The summed E-state index contributed by atoms with van der Waals surface area (Å²) in [5, 5.41) is 0. The van der Waals surface area contributed by atoms with Crippen LogP contribution in [0.2, 0.25) is 0 Å². The number of rotatable bonds is 6. The van der Waals surface area contributed by atoms with Gasteiger partial charge in [-0.2, -0.15) is 0 Å². The summed E-state index contributed by atoms with van der Waals surface area (Å²) in [6, 6.07) is 17.1. The third-order valence-corrected chi connectivity index (χ3v) is 3.64. The fourth-order valence-corrected chi connectivity index (χ4v) is 2.43. The lowest BCUT2D eigenvalue weighted by Crippen LogP contribution is -2.20. The fraction of sp³-hybridized carbons (Fsp3) is 0.368. The molecule has 2 heteroatoms. The molecule has 2 rings (SSSR count). The van der Waals surface area contributed by atoms with Gasteiger partial charge in [-0.25, -0.2) is 0 Å². The Kier molecular flexibility index (Phi) is 5.54. The third-order valence-electron chi connectivity index (χ3n) is 3.64. The Balaban J connectivity index is 2.28. The highest BCUT2D eigenvalue weighted by Crippen LogP contribution is 2.28. The van der Waals surface area contributed by atoms with E-state index in [0.717, 1.165) is 13.2 Å². The van der Waals surface area contributed by atoms with Gasteiger partial charge in [0.05, 0.1) is 6.61 Å². The van der Waals surface area contributed by atoms with Crippen molar-refractivity contribution in [2.75, 3.05) is 27.2 Å². The van der Waals surface area contributed by atoms with Crippen molar-refractivity contribution < 1.29 is 4.74 Å². The molecule has 0 aliphatic rings. The molecule has 0 saturated carbocycles. The van der Waals surface area contributed by atoms with Crippen LogP contribution in [0, 0.1) is 13.8 Å². The molecular formula is C19H25NO. The van der Waals surface area contributed by atoms with Crippen LogP contribution in [-0.2, 0) is 4.74 Å². The van der Waals surface area contributed by atoms with Gasteiger partial charge in [0.15, 0.2) is 0 Å². The standard InChI is InChI=1S/C19H25NO/c1-15-8-7-10-17(14-15)19(21-13-12-20(3)4)18-11-6-5-9-16(18)2/h5-11,14,19H,12-13H2,1-4H3. The molecule has 1 atom stereocenters. The quantitative estimate of drug-likeness (QED) is 0.795. The zero-order valence-corrected chi connectivity index (χ0v) is 13.5. The minimum atomic E-state index is 0.00560. The zero-order valence-electron chi connectivity index (χ0n) is 13.5. The number of ether oxygens (including phenoxy) is 1. The molecule has 0 heterocycles. The van der Waals surface area contributed by atoms with E-state index in [0.29, 0.717) is 0 Å². The Morgan fingerprint density at radius 3 is 2.43 bits per heavy atom. The Hall–Kier alpha value is -1.64. The first-order valence-corrected chi connectivity index (χ1v) is 7.46. The Morgan fingerprint density at radius 2 is 1.76 bits per heavy atom. The first-order valence-electron chi connectivity index (χ1n) is 7.46. The number of benzene rings is 2. The maximum atomic E-state index is 6.22. The molecule has 0 spiro atoms. The van der Waals surface area contributed by atoms with Gasteiger partial charge >= 0.3 is 0 Å². The number of likely N-dealkylation sites (N-methyl/N-ethyl adjacent to an activating group) is 1.